The molecule has 7 heteroatoms. The van der Waals surface area contributed by atoms with Crippen LogP contribution in [0.3, 0.4) is 0 Å². The Kier molecular flexibility index (Phi) is 11.4. The number of rotatable bonds is 12. The van der Waals surface area contributed by atoms with E-state index in [1.54, 1.807) is 17.0 Å². The molecule has 3 aromatic carbocycles. The van der Waals surface area contributed by atoms with Gasteiger partial charge in [-0.2, -0.15) is 0 Å². The second-order valence-corrected chi connectivity index (χ2v) is 11.0. The molecule has 2 unspecified atom stereocenters. The van der Waals surface area contributed by atoms with Crippen LogP contribution in [0.2, 0.25) is 10.0 Å². The van der Waals surface area contributed by atoms with Crippen molar-refractivity contribution in [3.05, 3.63) is 105 Å². The number of carbonyl (C=O) groups excluding carboxylic acids is 2. The topological polar surface area (TPSA) is 49.4 Å². The van der Waals surface area contributed by atoms with Crippen LogP contribution in [0.15, 0.2) is 72.8 Å². The Bertz CT molecular complexity index is 1190. The highest BCUT2D eigenvalue weighted by atomic mass is 35.5. The predicted octanol–water partition coefficient (Wildman–Crippen LogP) is 7.09. The normalized spacial score (nSPS) is 12.6. The maximum absolute atomic E-state index is 13.8. The smallest absolute Gasteiger partial charge is 0.243 e. The molecule has 3 rings (SSSR count). The highest BCUT2D eigenvalue weighted by Gasteiger charge is 2.31. The van der Waals surface area contributed by atoms with Crippen molar-refractivity contribution >= 4 is 46.8 Å². The SMILES string of the molecule is CCC(C)NC(=O)C(Cc1ccccc1)N(Cc1ccccc1C)C(=O)CSCc1ccc(Cl)cc1Cl. The Balaban J connectivity index is 1.87. The average molecular weight is 558 g/mol. The van der Waals surface area contributed by atoms with Crippen molar-refractivity contribution in [1.82, 2.24) is 10.2 Å². The Hall–Kier alpha value is -2.47. The van der Waals surface area contributed by atoms with Gasteiger partial charge in [0.05, 0.1) is 5.75 Å². The fourth-order valence-electron chi connectivity index (χ4n) is 3.94. The monoisotopic (exact) mass is 556 g/mol. The first kappa shape index (κ1) is 29.1. The van der Waals surface area contributed by atoms with E-state index in [1.165, 1.54) is 11.8 Å². The molecule has 0 aliphatic heterocycles. The van der Waals surface area contributed by atoms with Gasteiger partial charge in [-0.1, -0.05) is 90.8 Å². The summed E-state index contributed by atoms with van der Waals surface area (Å²) < 4.78 is 0. The van der Waals surface area contributed by atoms with Gasteiger partial charge in [-0.15, -0.1) is 11.8 Å². The summed E-state index contributed by atoms with van der Waals surface area (Å²) in [6.45, 7) is 6.41. The van der Waals surface area contributed by atoms with E-state index in [0.29, 0.717) is 28.8 Å². The van der Waals surface area contributed by atoms with Crippen molar-refractivity contribution in [2.24, 2.45) is 0 Å². The lowest BCUT2D eigenvalue weighted by molar-refractivity contribution is -0.139. The van der Waals surface area contributed by atoms with E-state index in [-0.39, 0.29) is 23.6 Å². The lowest BCUT2D eigenvalue weighted by atomic mass is 10.0. The minimum absolute atomic E-state index is 0.0163. The summed E-state index contributed by atoms with van der Waals surface area (Å²) in [5, 5.41) is 4.27. The molecule has 2 atom stereocenters. The van der Waals surface area contributed by atoms with Gasteiger partial charge >= 0.3 is 0 Å². The van der Waals surface area contributed by atoms with Crippen molar-refractivity contribution in [2.45, 2.75) is 58.0 Å². The van der Waals surface area contributed by atoms with Crippen molar-refractivity contribution in [3.63, 3.8) is 0 Å². The second-order valence-electron chi connectivity index (χ2n) is 9.20. The maximum Gasteiger partial charge on any atom is 0.243 e. The summed E-state index contributed by atoms with van der Waals surface area (Å²) in [6, 6.07) is 22.6. The molecule has 0 saturated carbocycles. The van der Waals surface area contributed by atoms with Crippen LogP contribution in [-0.4, -0.2) is 34.6 Å². The van der Waals surface area contributed by atoms with Gasteiger partial charge in [0.1, 0.15) is 6.04 Å². The summed E-state index contributed by atoms with van der Waals surface area (Å²) in [6.07, 6.45) is 1.25. The lowest BCUT2D eigenvalue weighted by Gasteiger charge is -2.32. The summed E-state index contributed by atoms with van der Waals surface area (Å²) >= 11 is 13.8. The van der Waals surface area contributed by atoms with Gasteiger partial charge in [0, 0.05) is 34.8 Å². The number of nitrogens with one attached hydrogen (secondary N) is 1. The minimum Gasteiger partial charge on any atom is -0.352 e. The van der Waals surface area contributed by atoms with E-state index < -0.39 is 6.04 Å². The summed E-state index contributed by atoms with van der Waals surface area (Å²) in [5.41, 5.74) is 4.04. The Morgan fingerprint density at radius 3 is 2.35 bits per heavy atom. The molecular weight excluding hydrogens is 523 g/mol. The summed E-state index contributed by atoms with van der Waals surface area (Å²) in [5.74, 6) is 0.583. The molecule has 196 valence electrons. The van der Waals surface area contributed by atoms with Gasteiger partial charge in [0.15, 0.2) is 0 Å². The summed E-state index contributed by atoms with van der Waals surface area (Å²) in [7, 11) is 0. The third kappa shape index (κ3) is 8.80. The van der Waals surface area contributed by atoms with Crippen LogP contribution in [0.5, 0.6) is 0 Å². The zero-order valence-electron chi connectivity index (χ0n) is 21.5. The van der Waals surface area contributed by atoms with Crippen molar-refractivity contribution in [2.75, 3.05) is 5.75 Å². The molecule has 4 nitrogen and oxygen atoms in total. The number of aryl methyl sites for hydroxylation is 1. The van der Waals surface area contributed by atoms with Crippen LogP contribution in [0, 0.1) is 6.92 Å². The number of amides is 2. The quantitative estimate of drug-likeness (QED) is 0.259. The third-order valence-corrected chi connectivity index (χ3v) is 7.93. The molecule has 1 N–H and O–H groups in total. The van der Waals surface area contributed by atoms with Crippen LogP contribution >= 0.6 is 35.0 Å². The van der Waals surface area contributed by atoms with E-state index in [4.69, 9.17) is 23.2 Å². The highest BCUT2D eigenvalue weighted by molar-refractivity contribution is 7.99. The Morgan fingerprint density at radius 1 is 0.973 bits per heavy atom. The van der Waals surface area contributed by atoms with E-state index in [9.17, 15) is 9.59 Å². The molecule has 0 heterocycles. The van der Waals surface area contributed by atoms with Gasteiger partial charge < -0.3 is 10.2 Å². The van der Waals surface area contributed by atoms with Crippen LogP contribution in [-0.2, 0) is 28.3 Å². The van der Waals surface area contributed by atoms with Gasteiger partial charge in [-0.05, 0) is 54.7 Å². The molecule has 2 amide bonds. The number of nitrogens with zero attached hydrogens (tertiary/aromatic N) is 1. The average Bonchev–Trinajstić information content (AvgIpc) is 2.88. The van der Waals surface area contributed by atoms with Crippen molar-refractivity contribution < 1.29 is 9.59 Å². The molecule has 37 heavy (non-hydrogen) atoms. The number of benzene rings is 3. The Labute approximate surface area is 234 Å². The van der Waals surface area contributed by atoms with E-state index >= 15 is 0 Å². The molecule has 0 aromatic heterocycles. The Morgan fingerprint density at radius 2 is 1.68 bits per heavy atom. The second kappa shape index (κ2) is 14.5. The van der Waals surface area contributed by atoms with Crippen LogP contribution < -0.4 is 5.32 Å². The minimum atomic E-state index is -0.636. The molecule has 0 radical (unpaired) electrons. The molecule has 0 spiro atoms. The van der Waals surface area contributed by atoms with Crippen LogP contribution in [0.1, 0.15) is 42.5 Å². The number of thioether (sulfide) groups is 1. The molecule has 0 bridgehead atoms. The summed E-state index contributed by atoms with van der Waals surface area (Å²) in [4.78, 5) is 29.1. The predicted molar refractivity (Wildman–Crippen MR) is 156 cm³/mol. The van der Waals surface area contributed by atoms with Crippen molar-refractivity contribution in [1.29, 1.82) is 0 Å². The van der Waals surface area contributed by atoms with E-state index in [2.05, 4.69) is 5.32 Å². The fourth-order valence-corrected chi connectivity index (χ4v) is 5.40. The lowest BCUT2D eigenvalue weighted by Crippen LogP contribution is -2.52. The van der Waals surface area contributed by atoms with Gasteiger partial charge in [-0.25, -0.2) is 0 Å². The fraction of sp³-hybridized carbons (Fsp3) is 0.333. The third-order valence-electron chi connectivity index (χ3n) is 6.37. The number of hydrogen-bond donors (Lipinski definition) is 1. The molecule has 0 saturated heterocycles. The number of halogens is 2. The van der Waals surface area contributed by atoms with Gasteiger partial charge in [0.2, 0.25) is 11.8 Å². The molecule has 0 aliphatic carbocycles. The van der Waals surface area contributed by atoms with Crippen molar-refractivity contribution in [3.8, 4) is 0 Å². The molecule has 0 fully saturated rings. The van der Waals surface area contributed by atoms with Crippen LogP contribution in [0.25, 0.3) is 0 Å². The largest absolute Gasteiger partial charge is 0.352 e. The van der Waals surface area contributed by atoms with E-state index in [1.807, 2.05) is 81.4 Å². The van der Waals surface area contributed by atoms with E-state index in [0.717, 1.165) is 28.7 Å². The first-order valence-electron chi connectivity index (χ1n) is 12.5. The van der Waals surface area contributed by atoms with Gasteiger partial charge in [-0.3, -0.25) is 9.59 Å². The molecular formula is C30H34Cl2N2O2S. The standard InChI is InChI=1S/C30H34Cl2N2O2S/c1-4-22(3)33-30(36)28(16-23-11-6-5-7-12-23)34(18-24-13-9-8-10-21(24)2)29(35)20-37-19-25-14-15-26(31)17-27(25)32/h5-15,17,22,28H,4,16,18-20H2,1-3H3,(H,33,36). The first-order valence-corrected chi connectivity index (χ1v) is 14.4. The molecule has 0 aliphatic rings. The highest BCUT2D eigenvalue weighted by Crippen LogP contribution is 2.25. The zero-order valence-corrected chi connectivity index (χ0v) is 23.9. The van der Waals surface area contributed by atoms with Gasteiger partial charge in [0.25, 0.3) is 0 Å². The number of carbonyl (C=O) groups is 2. The maximum atomic E-state index is 13.8. The molecule has 3 aromatic rings. The zero-order chi connectivity index (χ0) is 26.8. The first-order chi connectivity index (χ1) is 17.8. The van der Waals surface area contributed by atoms with Crippen LogP contribution in [0.4, 0.5) is 0 Å². The number of hydrogen-bond acceptors (Lipinski definition) is 3.